The van der Waals surface area contributed by atoms with E-state index in [0.717, 1.165) is 18.7 Å². The first kappa shape index (κ1) is 16.8. The second kappa shape index (κ2) is 7.48. The number of nitrogens with one attached hydrogen (secondary N) is 1. The highest BCUT2D eigenvalue weighted by atomic mass is 35.5. The molecule has 20 heavy (non-hydrogen) atoms. The molecule has 3 N–H and O–H groups in total. The van der Waals surface area contributed by atoms with E-state index in [1.165, 1.54) is 25.7 Å². The normalized spacial score (nSPS) is 16.4. The van der Waals surface area contributed by atoms with Crippen molar-refractivity contribution in [3.05, 3.63) is 24.0 Å². The van der Waals surface area contributed by atoms with Crippen LogP contribution in [0.25, 0.3) is 0 Å². The van der Waals surface area contributed by atoms with E-state index in [2.05, 4.69) is 17.2 Å². The molecule has 0 unspecified atom stereocenters. The Morgan fingerprint density at radius 2 is 2.10 bits per heavy atom. The van der Waals surface area contributed by atoms with Gasteiger partial charge in [0.2, 0.25) is 5.91 Å². The van der Waals surface area contributed by atoms with Gasteiger partial charge in [-0.2, -0.15) is 0 Å². The Kier molecular flexibility index (Phi) is 6.27. The monoisotopic (exact) mass is 297 g/mol. The van der Waals surface area contributed by atoms with E-state index in [0.29, 0.717) is 17.5 Å². The minimum Gasteiger partial charge on any atom is -0.397 e. The van der Waals surface area contributed by atoms with Crippen molar-refractivity contribution in [1.29, 1.82) is 0 Å². The molecular weight excluding hydrogens is 274 g/mol. The van der Waals surface area contributed by atoms with E-state index >= 15 is 0 Å². The number of nitrogen functional groups attached to an aromatic ring is 1. The molecule has 1 aromatic heterocycles. The number of nitrogens with zero attached hydrogens (tertiary/aromatic N) is 1. The number of halogens is 1. The van der Waals surface area contributed by atoms with Crippen LogP contribution in [-0.2, 0) is 11.2 Å². The van der Waals surface area contributed by atoms with E-state index in [-0.39, 0.29) is 18.3 Å². The van der Waals surface area contributed by atoms with E-state index < -0.39 is 0 Å². The maximum absolute atomic E-state index is 11.9. The Bertz CT molecular complexity index is 427. The van der Waals surface area contributed by atoms with Crippen molar-refractivity contribution < 1.29 is 4.79 Å². The molecule has 0 aromatic carbocycles. The molecule has 0 atom stereocenters. The van der Waals surface area contributed by atoms with Crippen LogP contribution in [0.2, 0.25) is 0 Å². The summed E-state index contributed by atoms with van der Waals surface area (Å²) in [5.74, 6) is 0.0528. The lowest BCUT2D eigenvalue weighted by Crippen LogP contribution is -2.36. The van der Waals surface area contributed by atoms with Crippen LogP contribution in [0.3, 0.4) is 0 Å². The summed E-state index contributed by atoms with van der Waals surface area (Å²) in [6.45, 7) is 3.02. The summed E-state index contributed by atoms with van der Waals surface area (Å²) in [6.07, 6.45) is 8.14. The van der Waals surface area contributed by atoms with Gasteiger partial charge in [-0.1, -0.05) is 19.8 Å². The number of carbonyl (C=O) groups excluding carboxylic acids is 1. The average Bonchev–Trinajstić information content (AvgIpc) is 2.89. The van der Waals surface area contributed by atoms with Crippen LogP contribution in [0.4, 0.5) is 5.69 Å². The molecule has 0 aliphatic heterocycles. The standard InChI is InChI=1S/C15H23N3O.ClH/c1-2-15(7-3-4-8-15)11-18-14(19)9-13-6-5-12(16)10-17-13;/h5-6,10H,2-4,7-9,11,16H2,1H3,(H,18,19);1H. The summed E-state index contributed by atoms with van der Waals surface area (Å²) >= 11 is 0. The Morgan fingerprint density at radius 3 is 2.65 bits per heavy atom. The molecule has 1 aliphatic carbocycles. The third kappa shape index (κ3) is 4.37. The van der Waals surface area contributed by atoms with Crippen molar-refractivity contribution in [1.82, 2.24) is 10.3 Å². The van der Waals surface area contributed by atoms with Crippen LogP contribution < -0.4 is 11.1 Å². The summed E-state index contributed by atoms with van der Waals surface area (Å²) < 4.78 is 0. The first-order chi connectivity index (χ1) is 9.13. The SMILES string of the molecule is CCC1(CNC(=O)Cc2ccc(N)cn2)CCCC1.Cl. The van der Waals surface area contributed by atoms with Gasteiger partial charge in [0.25, 0.3) is 0 Å². The van der Waals surface area contributed by atoms with Gasteiger partial charge in [0.15, 0.2) is 0 Å². The van der Waals surface area contributed by atoms with Gasteiger partial charge < -0.3 is 11.1 Å². The zero-order valence-corrected chi connectivity index (χ0v) is 12.8. The Hall–Kier alpha value is -1.29. The quantitative estimate of drug-likeness (QED) is 0.878. The Morgan fingerprint density at radius 1 is 1.40 bits per heavy atom. The number of carbonyl (C=O) groups is 1. The molecule has 5 heteroatoms. The number of hydrogen-bond donors (Lipinski definition) is 2. The van der Waals surface area contributed by atoms with Crippen LogP contribution >= 0.6 is 12.4 Å². The molecule has 1 amide bonds. The molecule has 1 saturated carbocycles. The molecule has 2 rings (SSSR count). The Labute approximate surface area is 126 Å². The molecule has 0 saturated heterocycles. The van der Waals surface area contributed by atoms with Crippen molar-refractivity contribution >= 4 is 24.0 Å². The first-order valence-electron chi connectivity index (χ1n) is 7.11. The van der Waals surface area contributed by atoms with Gasteiger partial charge in [-0.3, -0.25) is 9.78 Å². The van der Waals surface area contributed by atoms with Crippen molar-refractivity contribution in [3.63, 3.8) is 0 Å². The summed E-state index contributed by atoms with van der Waals surface area (Å²) in [5.41, 5.74) is 7.30. The average molecular weight is 298 g/mol. The van der Waals surface area contributed by atoms with Crippen molar-refractivity contribution in [3.8, 4) is 0 Å². The summed E-state index contributed by atoms with van der Waals surface area (Å²) in [5, 5.41) is 3.07. The minimum absolute atomic E-state index is 0. The van der Waals surface area contributed by atoms with E-state index in [9.17, 15) is 4.79 Å². The fourth-order valence-corrected chi connectivity index (χ4v) is 2.83. The van der Waals surface area contributed by atoms with E-state index in [1.54, 1.807) is 18.3 Å². The highest BCUT2D eigenvalue weighted by molar-refractivity contribution is 5.85. The maximum Gasteiger partial charge on any atom is 0.226 e. The van der Waals surface area contributed by atoms with Gasteiger partial charge in [-0.15, -0.1) is 12.4 Å². The minimum atomic E-state index is 0. The number of aromatic nitrogens is 1. The van der Waals surface area contributed by atoms with Gasteiger partial charge in [0.1, 0.15) is 0 Å². The van der Waals surface area contributed by atoms with Gasteiger partial charge in [0, 0.05) is 12.2 Å². The largest absolute Gasteiger partial charge is 0.397 e. The van der Waals surface area contributed by atoms with E-state index in [4.69, 9.17) is 5.73 Å². The summed E-state index contributed by atoms with van der Waals surface area (Å²) in [7, 11) is 0. The zero-order chi connectivity index (χ0) is 13.7. The van der Waals surface area contributed by atoms with Crippen molar-refractivity contribution in [2.45, 2.75) is 45.4 Å². The number of anilines is 1. The lowest BCUT2D eigenvalue weighted by Gasteiger charge is -2.27. The van der Waals surface area contributed by atoms with Crippen LogP contribution in [0.15, 0.2) is 18.3 Å². The van der Waals surface area contributed by atoms with Gasteiger partial charge >= 0.3 is 0 Å². The molecule has 0 spiro atoms. The lowest BCUT2D eigenvalue weighted by atomic mass is 9.83. The molecule has 0 bridgehead atoms. The predicted octanol–water partition coefficient (Wildman–Crippen LogP) is 2.71. The third-order valence-electron chi connectivity index (χ3n) is 4.26. The Balaban J connectivity index is 0.00000200. The number of rotatable bonds is 5. The molecule has 4 nitrogen and oxygen atoms in total. The summed E-state index contributed by atoms with van der Waals surface area (Å²) in [4.78, 5) is 16.1. The molecule has 1 heterocycles. The number of pyridine rings is 1. The second-order valence-corrected chi connectivity index (χ2v) is 5.60. The maximum atomic E-state index is 11.9. The molecule has 112 valence electrons. The van der Waals surface area contributed by atoms with Crippen LogP contribution in [-0.4, -0.2) is 17.4 Å². The van der Waals surface area contributed by atoms with Crippen LogP contribution in [0.1, 0.15) is 44.7 Å². The fraction of sp³-hybridized carbons (Fsp3) is 0.600. The fourth-order valence-electron chi connectivity index (χ4n) is 2.83. The highest BCUT2D eigenvalue weighted by Crippen LogP contribution is 2.40. The first-order valence-corrected chi connectivity index (χ1v) is 7.11. The number of hydrogen-bond acceptors (Lipinski definition) is 3. The highest BCUT2D eigenvalue weighted by Gasteiger charge is 2.32. The van der Waals surface area contributed by atoms with Crippen molar-refractivity contribution in [2.24, 2.45) is 5.41 Å². The summed E-state index contributed by atoms with van der Waals surface area (Å²) in [6, 6.07) is 3.58. The van der Waals surface area contributed by atoms with Crippen molar-refractivity contribution in [2.75, 3.05) is 12.3 Å². The molecule has 1 fully saturated rings. The molecular formula is C15H24ClN3O. The second-order valence-electron chi connectivity index (χ2n) is 5.60. The smallest absolute Gasteiger partial charge is 0.226 e. The zero-order valence-electron chi connectivity index (χ0n) is 12.0. The molecule has 0 radical (unpaired) electrons. The molecule has 1 aromatic rings. The van der Waals surface area contributed by atoms with Gasteiger partial charge in [-0.05, 0) is 36.8 Å². The number of amides is 1. The van der Waals surface area contributed by atoms with Crippen LogP contribution in [0, 0.1) is 5.41 Å². The van der Waals surface area contributed by atoms with E-state index in [1.807, 2.05) is 0 Å². The number of nitrogens with two attached hydrogens (primary N) is 1. The lowest BCUT2D eigenvalue weighted by molar-refractivity contribution is -0.121. The predicted molar refractivity (Wildman–Crippen MR) is 83.8 cm³/mol. The van der Waals surface area contributed by atoms with Gasteiger partial charge in [-0.25, -0.2) is 0 Å². The molecule has 1 aliphatic rings. The third-order valence-corrected chi connectivity index (χ3v) is 4.26. The van der Waals surface area contributed by atoms with Gasteiger partial charge in [0.05, 0.1) is 18.3 Å². The van der Waals surface area contributed by atoms with Crippen LogP contribution in [0.5, 0.6) is 0 Å². The topological polar surface area (TPSA) is 68.0 Å².